The number of hydrogen-bond acceptors (Lipinski definition) is 10. The highest BCUT2D eigenvalue weighted by atomic mass is 16.6. The highest BCUT2D eigenvalue weighted by molar-refractivity contribution is 5.87. The maximum atomic E-state index is 13.3. The van der Waals surface area contributed by atoms with Gasteiger partial charge in [-0.15, -0.1) is 0 Å². The molecule has 3 unspecified atom stereocenters. The lowest BCUT2D eigenvalue weighted by atomic mass is 10.2. The van der Waals surface area contributed by atoms with Crippen LogP contribution in [0.5, 0.6) is 0 Å². The van der Waals surface area contributed by atoms with Gasteiger partial charge in [-0.05, 0) is 65.7 Å². The number of nitrogens with zero attached hydrogens (tertiary/aromatic N) is 3. The lowest BCUT2D eigenvalue weighted by molar-refractivity contribution is -0.156. The summed E-state index contributed by atoms with van der Waals surface area (Å²) in [6.45, 7) is 10.2. The summed E-state index contributed by atoms with van der Waals surface area (Å²) in [5.74, 6) is -0.761. The third kappa shape index (κ3) is 12.0. The molecule has 0 aliphatic carbocycles. The van der Waals surface area contributed by atoms with Crippen LogP contribution in [0.3, 0.4) is 0 Å². The van der Waals surface area contributed by atoms with Gasteiger partial charge in [-0.2, -0.15) is 0 Å². The molecule has 3 amide bonds. The minimum absolute atomic E-state index is 0.0448. The fourth-order valence-corrected chi connectivity index (χ4v) is 4.43. The molecule has 13 heteroatoms. The van der Waals surface area contributed by atoms with Gasteiger partial charge < -0.3 is 34.9 Å². The number of esters is 1. The Labute approximate surface area is 264 Å². The van der Waals surface area contributed by atoms with Gasteiger partial charge in [-0.1, -0.05) is 36.4 Å². The van der Waals surface area contributed by atoms with Crippen LogP contribution in [-0.2, 0) is 35.1 Å². The molecule has 0 bridgehead atoms. The number of likely N-dealkylation sites (tertiary alicyclic amines) is 1. The number of rotatable bonds is 11. The number of nitrogens with two attached hydrogens (primary N) is 1. The molecular formula is C32H45N5O8. The van der Waals surface area contributed by atoms with Gasteiger partial charge in [0.15, 0.2) is 0 Å². The fraction of sp³-hybridized carbons (Fsp3) is 0.531. The van der Waals surface area contributed by atoms with Gasteiger partial charge in [0, 0.05) is 12.7 Å². The van der Waals surface area contributed by atoms with Crippen LogP contribution in [0.15, 0.2) is 54.7 Å². The molecule has 13 nitrogen and oxygen atoms in total. The molecule has 1 aromatic carbocycles. The molecule has 1 aliphatic heterocycles. The van der Waals surface area contributed by atoms with E-state index in [1.165, 1.54) is 9.80 Å². The number of anilines is 1. The largest absolute Gasteiger partial charge is 0.459 e. The molecule has 1 fully saturated rings. The lowest BCUT2D eigenvalue weighted by Gasteiger charge is -2.31. The minimum Gasteiger partial charge on any atom is -0.459 e. The van der Waals surface area contributed by atoms with Crippen molar-refractivity contribution in [2.45, 2.75) is 84.0 Å². The van der Waals surface area contributed by atoms with E-state index in [0.29, 0.717) is 12.2 Å². The maximum absolute atomic E-state index is 13.3. The van der Waals surface area contributed by atoms with E-state index in [1.54, 1.807) is 65.9 Å². The van der Waals surface area contributed by atoms with Crippen LogP contribution in [0.2, 0.25) is 0 Å². The number of benzene rings is 1. The summed E-state index contributed by atoms with van der Waals surface area (Å²) in [6.07, 6.45) is 0.106. The Balaban J connectivity index is 1.69. The molecule has 2 aromatic rings. The zero-order valence-corrected chi connectivity index (χ0v) is 26.9. The molecule has 0 spiro atoms. The van der Waals surface area contributed by atoms with Crippen LogP contribution in [0.4, 0.5) is 15.4 Å². The second kappa shape index (κ2) is 15.7. The third-order valence-electron chi connectivity index (χ3n) is 6.43. The highest BCUT2D eigenvalue weighted by Gasteiger charge is 2.40. The van der Waals surface area contributed by atoms with E-state index in [0.717, 1.165) is 5.56 Å². The molecule has 2 heterocycles. The molecular weight excluding hydrogens is 582 g/mol. The minimum atomic E-state index is -1.04. The Hall–Kier alpha value is -4.23. The van der Waals surface area contributed by atoms with Crippen molar-refractivity contribution in [2.75, 3.05) is 31.1 Å². The van der Waals surface area contributed by atoms with Crippen LogP contribution < -0.4 is 16.0 Å². The van der Waals surface area contributed by atoms with Gasteiger partial charge >= 0.3 is 18.2 Å². The van der Waals surface area contributed by atoms with E-state index in [4.69, 9.17) is 24.7 Å². The fourth-order valence-electron chi connectivity index (χ4n) is 4.43. The van der Waals surface area contributed by atoms with Gasteiger partial charge in [0.1, 0.15) is 36.3 Å². The van der Waals surface area contributed by atoms with Gasteiger partial charge in [0.05, 0.1) is 25.2 Å². The van der Waals surface area contributed by atoms with Crippen LogP contribution in [0, 0.1) is 0 Å². The van der Waals surface area contributed by atoms with Crippen molar-refractivity contribution in [2.24, 2.45) is 5.73 Å². The van der Waals surface area contributed by atoms with E-state index < -0.39 is 53.5 Å². The van der Waals surface area contributed by atoms with Gasteiger partial charge in [0.25, 0.3) is 0 Å². The number of pyridine rings is 1. The van der Waals surface area contributed by atoms with Crippen LogP contribution in [0.1, 0.15) is 53.5 Å². The molecule has 3 atom stereocenters. The normalized spacial score (nSPS) is 17.3. The third-order valence-corrected chi connectivity index (χ3v) is 6.43. The first kappa shape index (κ1) is 35.3. The summed E-state index contributed by atoms with van der Waals surface area (Å²) < 4.78 is 22.4. The summed E-state index contributed by atoms with van der Waals surface area (Å²) in [6, 6.07) is 12.8. The number of ether oxygens (including phenoxy) is 4. The molecule has 3 rings (SSSR count). The zero-order valence-electron chi connectivity index (χ0n) is 26.9. The Kier molecular flexibility index (Phi) is 12.3. The zero-order chi connectivity index (χ0) is 33.2. The van der Waals surface area contributed by atoms with Crippen molar-refractivity contribution < 1.29 is 38.1 Å². The number of amides is 3. The van der Waals surface area contributed by atoms with Gasteiger partial charge in [0.2, 0.25) is 5.91 Å². The highest BCUT2D eigenvalue weighted by Crippen LogP contribution is 2.26. The summed E-state index contributed by atoms with van der Waals surface area (Å²) >= 11 is 0. The lowest BCUT2D eigenvalue weighted by Crippen LogP contribution is -2.47. The second-order valence-corrected chi connectivity index (χ2v) is 12.7. The maximum Gasteiger partial charge on any atom is 0.416 e. The second-order valence-electron chi connectivity index (χ2n) is 12.7. The SMILES string of the molecule is CC(C)(C)OC(=O)C(N)CNC(=O)COC1CC(CN(C(=O)OC(C)(C)C)c2ccccn2)N(C(=O)OCc2ccccc2)C1. The Morgan fingerprint density at radius 3 is 2.29 bits per heavy atom. The average Bonchev–Trinajstić information content (AvgIpc) is 3.38. The van der Waals surface area contributed by atoms with Crippen molar-refractivity contribution in [3.05, 3.63) is 60.3 Å². The van der Waals surface area contributed by atoms with E-state index in [1.807, 2.05) is 30.3 Å². The van der Waals surface area contributed by atoms with Crippen molar-refractivity contribution in [1.29, 1.82) is 0 Å². The van der Waals surface area contributed by atoms with Crippen molar-refractivity contribution in [3.63, 3.8) is 0 Å². The molecule has 0 saturated carbocycles. The summed E-state index contributed by atoms with van der Waals surface area (Å²) in [5.41, 5.74) is 5.20. The van der Waals surface area contributed by atoms with E-state index in [2.05, 4.69) is 10.3 Å². The number of carbonyl (C=O) groups excluding carboxylic acids is 4. The van der Waals surface area contributed by atoms with Crippen molar-refractivity contribution in [3.8, 4) is 0 Å². The Morgan fingerprint density at radius 1 is 1.00 bits per heavy atom. The first-order chi connectivity index (χ1) is 21.1. The Morgan fingerprint density at radius 2 is 1.67 bits per heavy atom. The standard InChI is InChI=1S/C32H45N5O8/c1-31(2,3)44-28(39)25(33)17-35-27(38)21-42-24-16-23(36(19-24)29(40)43-20-22-12-8-7-9-13-22)18-37(26-14-10-11-15-34-26)30(41)45-32(4,5)6/h7-15,23-25H,16-21,33H2,1-6H3,(H,35,38). The summed E-state index contributed by atoms with van der Waals surface area (Å²) in [7, 11) is 0. The summed E-state index contributed by atoms with van der Waals surface area (Å²) in [4.78, 5) is 58.4. The van der Waals surface area contributed by atoms with Crippen LogP contribution in [0.25, 0.3) is 0 Å². The first-order valence-electron chi connectivity index (χ1n) is 14.9. The van der Waals surface area contributed by atoms with Crippen molar-refractivity contribution >= 4 is 29.9 Å². The monoisotopic (exact) mass is 627 g/mol. The molecule has 1 aromatic heterocycles. The quantitative estimate of drug-likeness (QED) is 0.279. The average molecular weight is 628 g/mol. The molecule has 3 N–H and O–H groups in total. The van der Waals surface area contributed by atoms with Gasteiger partial charge in [-0.3, -0.25) is 14.5 Å². The van der Waals surface area contributed by atoms with Gasteiger partial charge in [-0.25, -0.2) is 14.6 Å². The number of hydrogen-bond donors (Lipinski definition) is 2. The smallest absolute Gasteiger partial charge is 0.416 e. The predicted molar refractivity (Wildman–Crippen MR) is 166 cm³/mol. The number of carbonyl (C=O) groups is 4. The van der Waals surface area contributed by atoms with Crippen molar-refractivity contribution in [1.82, 2.24) is 15.2 Å². The van der Waals surface area contributed by atoms with Crippen LogP contribution >= 0.6 is 0 Å². The topological polar surface area (TPSA) is 163 Å². The van der Waals surface area contributed by atoms with E-state index >= 15 is 0 Å². The molecule has 1 saturated heterocycles. The predicted octanol–water partition coefficient (Wildman–Crippen LogP) is 3.40. The molecule has 246 valence electrons. The molecule has 1 aliphatic rings. The number of aromatic nitrogens is 1. The summed E-state index contributed by atoms with van der Waals surface area (Å²) in [5, 5.41) is 2.57. The number of nitrogens with one attached hydrogen (secondary N) is 1. The van der Waals surface area contributed by atoms with E-state index in [9.17, 15) is 19.2 Å². The van der Waals surface area contributed by atoms with E-state index in [-0.39, 0.29) is 32.8 Å². The Bertz CT molecular complexity index is 1280. The first-order valence-corrected chi connectivity index (χ1v) is 14.9. The van der Waals surface area contributed by atoms with Crippen LogP contribution in [-0.4, -0.2) is 89.6 Å². The molecule has 0 radical (unpaired) electrons. The molecule has 45 heavy (non-hydrogen) atoms.